The molecular weight excluding hydrogens is 753 g/mol. The second-order valence-electron chi connectivity index (χ2n) is 14.1. The Bertz CT molecular complexity index is 2580. The Kier molecular flexibility index (Phi) is 8.50. The van der Waals surface area contributed by atoms with Crippen LogP contribution < -0.4 is 9.47 Å². The van der Waals surface area contributed by atoms with Crippen molar-refractivity contribution in [2.75, 3.05) is 14.2 Å². The maximum Gasteiger partial charge on any atom is 0.263 e. The molecule has 2 saturated carbocycles. The molecule has 0 bridgehead atoms. The van der Waals surface area contributed by atoms with Gasteiger partial charge in [-0.2, -0.15) is 0 Å². The summed E-state index contributed by atoms with van der Waals surface area (Å²) in [6, 6.07) is 10.3. The van der Waals surface area contributed by atoms with Gasteiger partial charge in [-0.3, -0.25) is 0 Å². The van der Waals surface area contributed by atoms with Crippen molar-refractivity contribution in [3.63, 3.8) is 0 Å². The number of hydrogen-bond donors (Lipinski definition) is 0. The maximum atomic E-state index is 9.49. The average Bonchev–Trinajstić information content (AvgIpc) is 4.04. The zero-order chi connectivity index (χ0) is 36.5. The quantitative estimate of drug-likeness (QED) is 0.127. The van der Waals surface area contributed by atoms with Gasteiger partial charge in [-0.15, -0.1) is 56.7 Å². The number of ether oxygens (including phenoxy) is 2. The molecule has 0 amide bonds. The number of fused-ring (bicyclic) bond motifs is 10. The molecule has 5 aromatic heterocycles. The number of methoxy groups -OCH3 is 2. The molecule has 0 aromatic carbocycles. The first kappa shape index (κ1) is 34.3. The monoisotopic (exact) mass is 784 g/mol. The first-order valence-electron chi connectivity index (χ1n) is 17.7. The summed E-state index contributed by atoms with van der Waals surface area (Å²) in [4.78, 5) is 16.2. The largest absolute Gasteiger partial charge is 0.495 e. The number of allylic oxidation sites excluding steroid dienone is 3. The molecule has 6 nitrogen and oxygen atoms in total. The van der Waals surface area contributed by atoms with Crippen LogP contribution >= 0.6 is 56.7 Å². The van der Waals surface area contributed by atoms with E-state index in [0.717, 1.165) is 56.7 Å². The Balaban J connectivity index is 1.21. The van der Waals surface area contributed by atoms with Gasteiger partial charge in [-0.1, -0.05) is 38.5 Å². The van der Waals surface area contributed by atoms with Crippen LogP contribution in [0.4, 0.5) is 0 Å². The van der Waals surface area contributed by atoms with E-state index < -0.39 is 0 Å². The third-order valence-electron chi connectivity index (χ3n) is 11.5. The zero-order valence-electron chi connectivity index (χ0n) is 29.2. The molecule has 9 rings (SSSR count). The summed E-state index contributed by atoms with van der Waals surface area (Å²) in [5.41, 5.74) is 6.16. The smallest absolute Gasteiger partial charge is 0.263 e. The maximum absolute atomic E-state index is 9.49. The predicted octanol–water partition coefficient (Wildman–Crippen LogP) is 13.4. The summed E-state index contributed by atoms with van der Waals surface area (Å²) in [5.74, 6) is 1.60. The molecule has 11 heteroatoms. The van der Waals surface area contributed by atoms with Gasteiger partial charge in [-0.25, -0.2) is 20.2 Å². The molecule has 262 valence electrons. The highest BCUT2D eigenvalue weighted by molar-refractivity contribution is 7.34. The lowest BCUT2D eigenvalue weighted by Gasteiger charge is -2.42. The average molecular weight is 785 g/mol. The second kappa shape index (κ2) is 13.1. The van der Waals surface area contributed by atoms with Gasteiger partial charge in [0.25, 0.3) is 11.4 Å². The van der Waals surface area contributed by atoms with E-state index in [0.29, 0.717) is 0 Å². The minimum atomic E-state index is -0.0885. The van der Waals surface area contributed by atoms with Gasteiger partial charge in [0, 0.05) is 40.6 Å². The van der Waals surface area contributed by atoms with Gasteiger partial charge in [0.05, 0.1) is 63.7 Å². The highest BCUT2D eigenvalue weighted by atomic mass is 32.1. The van der Waals surface area contributed by atoms with Crippen molar-refractivity contribution >= 4 is 89.9 Å². The summed E-state index contributed by atoms with van der Waals surface area (Å²) in [5, 5.41) is 18.9. The first-order chi connectivity index (χ1) is 25.9. The minimum absolute atomic E-state index is 0.0172. The molecule has 0 N–H and O–H groups in total. The molecule has 0 unspecified atom stereocenters. The molecular formula is C42H32N4O2S5. The van der Waals surface area contributed by atoms with Crippen LogP contribution in [0.1, 0.15) is 100 Å². The standard InChI is InChI=1S/C42H32N4O2S5/c1-45-23(21-43)15-25-17-28(47-3)36(49-25)27-19-30-33(41(27)11-7-5-8-12-41)34-39(51-30)40-35(42(34)13-9-6-10-14-42)38-32(53-40)20-31(52-38)37-29(48-4)18-26(50-37)16-24(22-44)46-2/h15-20H,5-14H2,3-4H3/b23-15+,24-16-. The first-order valence-corrected chi connectivity index (χ1v) is 21.8. The minimum Gasteiger partial charge on any atom is -0.495 e. The van der Waals surface area contributed by atoms with Gasteiger partial charge in [0.2, 0.25) is 0 Å². The van der Waals surface area contributed by atoms with Crippen molar-refractivity contribution in [3.8, 4) is 43.1 Å². The fourth-order valence-electron chi connectivity index (χ4n) is 9.42. The van der Waals surface area contributed by atoms with Crippen LogP contribution in [-0.4, -0.2) is 14.2 Å². The van der Waals surface area contributed by atoms with E-state index in [1.165, 1.54) is 73.0 Å². The Morgan fingerprint density at radius 3 is 1.83 bits per heavy atom. The molecule has 2 fully saturated rings. The highest BCUT2D eigenvalue weighted by Gasteiger charge is 2.56. The van der Waals surface area contributed by atoms with Crippen molar-refractivity contribution < 1.29 is 9.47 Å². The fraction of sp³-hybridized carbons (Fsp3) is 0.333. The Hall–Kier alpha value is -4.46. The number of hydrogen-bond acceptors (Lipinski definition) is 9. The van der Waals surface area contributed by atoms with Crippen molar-refractivity contribution in [3.05, 3.63) is 88.6 Å². The van der Waals surface area contributed by atoms with E-state index in [-0.39, 0.29) is 22.2 Å². The van der Waals surface area contributed by atoms with Crippen molar-refractivity contribution in [2.45, 2.75) is 75.0 Å². The van der Waals surface area contributed by atoms with Gasteiger partial charge in [0.15, 0.2) is 0 Å². The van der Waals surface area contributed by atoms with Crippen LogP contribution in [0, 0.1) is 35.8 Å². The van der Waals surface area contributed by atoms with Crippen LogP contribution in [0.25, 0.3) is 62.4 Å². The molecule has 0 saturated heterocycles. The molecule has 5 heterocycles. The van der Waals surface area contributed by atoms with E-state index in [4.69, 9.17) is 22.6 Å². The number of nitriles is 2. The number of rotatable bonds is 6. The van der Waals surface area contributed by atoms with E-state index in [1.54, 1.807) is 65.7 Å². The number of thiophene rings is 5. The summed E-state index contributed by atoms with van der Waals surface area (Å²) in [7, 11) is 3.41. The molecule has 0 aliphatic heterocycles. The van der Waals surface area contributed by atoms with E-state index >= 15 is 0 Å². The third kappa shape index (κ3) is 5.06. The second-order valence-corrected chi connectivity index (χ2v) is 19.4. The van der Waals surface area contributed by atoms with Gasteiger partial charge in [0.1, 0.15) is 11.5 Å². The summed E-state index contributed by atoms with van der Waals surface area (Å²) in [6.07, 6.45) is 17.7. The van der Waals surface area contributed by atoms with Crippen molar-refractivity contribution in [1.82, 2.24) is 0 Å². The predicted molar refractivity (Wildman–Crippen MR) is 221 cm³/mol. The summed E-state index contributed by atoms with van der Waals surface area (Å²) < 4.78 is 14.6. The molecule has 5 aromatic rings. The summed E-state index contributed by atoms with van der Waals surface area (Å²) >= 11 is 9.04. The Labute approximate surface area is 328 Å². The van der Waals surface area contributed by atoms with Gasteiger partial charge in [-0.05, 0) is 78.8 Å². The fourth-order valence-corrected chi connectivity index (χ4v) is 16.2. The molecule has 4 aliphatic rings. The van der Waals surface area contributed by atoms with Crippen LogP contribution in [0.15, 0.2) is 29.6 Å². The SMILES string of the molecule is [C-]#[N+]/C(C#N)=C\c1cc(OC)c(-c2cc3sc4c(c3s2)C2(CCCCC2)c2c-4sc3c2C2(CCCCC2)C(c2sc(/C=C(\C#N)[N+]#[C-])cc2OC)=C3)s1. The van der Waals surface area contributed by atoms with Crippen LogP contribution in [0.3, 0.4) is 0 Å². The summed E-state index contributed by atoms with van der Waals surface area (Å²) in [6.45, 7) is 14.8. The van der Waals surface area contributed by atoms with Crippen LogP contribution in [-0.2, 0) is 10.8 Å². The highest BCUT2D eigenvalue weighted by Crippen LogP contribution is 2.70. The van der Waals surface area contributed by atoms with E-state index in [1.807, 2.05) is 58.3 Å². The lowest BCUT2D eigenvalue weighted by atomic mass is 9.61. The van der Waals surface area contributed by atoms with E-state index in [2.05, 4.69) is 21.8 Å². The van der Waals surface area contributed by atoms with Crippen molar-refractivity contribution in [1.29, 1.82) is 10.5 Å². The van der Waals surface area contributed by atoms with Crippen molar-refractivity contribution in [2.24, 2.45) is 0 Å². The molecule has 0 radical (unpaired) electrons. The lowest BCUT2D eigenvalue weighted by molar-refractivity contribution is 0.335. The van der Waals surface area contributed by atoms with Crippen LogP contribution in [0.2, 0.25) is 0 Å². The topological polar surface area (TPSA) is 74.8 Å². The zero-order valence-corrected chi connectivity index (χ0v) is 33.3. The third-order valence-corrected chi connectivity index (χ3v) is 17.6. The molecule has 2 spiro atoms. The lowest BCUT2D eigenvalue weighted by Crippen LogP contribution is -2.34. The Morgan fingerprint density at radius 1 is 0.679 bits per heavy atom. The van der Waals surface area contributed by atoms with Gasteiger partial charge < -0.3 is 9.47 Å². The normalized spacial score (nSPS) is 18.2. The Morgan fingerprint density at radius 2 is 1.25 bits per heavy atom. The van der Waals surface area contributed by atoms with Gasteiger partial charge >= 0.3 is 0 Å². The number of nitrogens with zero attached hydrogens (tertiary/aromatic N) is 4. The molecule has 53 heavy (non-hydrogen) atoms. The molecule has 0 atom stereocenters. The van der Waals surface area contributed by atoms with Crippen LogP contribution in [0.5, 0.6) is 11.5 Å². The van der Waals surface area contributed by atoms with E-state index in [9.17, 15) is 10.5 Å². The molecule has 4 aliphatic carbocycles.